The van der Waals surface area contributed by atoms with Gasteiger partial charge in [0.1, 0.15) is 11.8 Å². The first-order valence-corrected chi connectivity index (χ1v) is 14.1. The lowest BCUT2D eigenvalue weighted by Crippen LogP contribution is -2.53. The van der Waals surface area contributed by atoms with Gasteiger partial charge >= 0.3 is 0 Å². The lowest BCUT2D eigenvalue weighted by molar-refractivity contribution is -0.143. The number of carbonyl (C=O) groups excluding carboxylic acids is 2. The van der Waals surface area contributed by atoms with Gasteiger partial charge in [0.2, 0.25) is 5.91 Å². The van der Waals surface area contributed by atoms with Crippen molar-refractivity contribution in [2.24, 2.45) is 0 Å². The Bertz CT molecular complexity index is 1410. The number of fused-ring (bicyclic) bond motifs is 1. The molecule has 6 heteroatoms. The molecule has 4 rings (SSSR count). The van der Waals surface area contributed by atoms with Crippen LogP contribution in [-0.4, -0.2) is 35.4 Å². The molecule has 39 heavy (non-hydrogen) atoms. The number of carbonyl (C=O) groups is 2. The van der Waals surface area contributed by atoms with E-state index in [9.17, 15) is 9.59 Å². The third-order valence-corrected chi connectivity index (χ3v) is 7.74. The van der Waals surface area contributed by atoms with Crippen molar-refractivity contribution in [2.45, 2.75) is 52.2 Å². The van der Waals surface area contributed by atoms with Crippen molar-refractivity contribution in [3.63, 3.8) is 0 Å². The Kier molecular flexibility index (Phi) is 9.77. The zero-order valence-electron chi connectivity index (χ0n) is 22.7. The lowest BCUT2D eigenvalue weighted by atomic mass is 10.0. The number of benzene rings is 4. The lowest BCUT2D eigenvalue weighted by Gasteiger charge is -2.32. The van der Waals surface area contributed by atoms with Gasteiger partial charge in [-0.3, -0.25) is 9.59 Å². The highest BCUT2D eigenvalue weighted by Gasteiger charge is 2.31. The fourth-order valence-electron chi connectivity index (χ4n) is 4.43. The van der Waals surface area contributed by atoms with E-state index in [1.54, 1.807) is 4.90 Å². The van der Waals surface area contributed by atoms with Crippen molar-refractivity contribution in [1.29, 1.82) is 0 Å². The summed E-state index contributed by atoms with van der Waals surface area (Å²) in [6.45, 7) is 6.14. The molecule has 4 aromatic carbocycles. The van der Waals surface area contributed by atoms with Crippen molar-refractivity contribution in [3.8, 4) is 5.75 Å². The minimum Gasteiger partial charge on any atom is -0.483 e. The first-order valence-electron chi connectivity index (χ1n) is 13.3. The Morgan fingerprint density at radius 3 is 2.31 bits per heavy atom. The summed E-state index contributed by atoms with van der Waals surface area (Å²) in [5, 5.41) is 5.19. The molecule has 1 N–H and O–H groups in total. The maximum absolute atomic E-state index is 13.9. The summed E-state index contributed by atoms with van der Waals surface area (Å²) in [4.78, 5) is 29.1. The fourth-order valence-corrected chi connectivity index (χ4v) is 5.04. The summed E-state index contributed by atoms with van der Waals surface area (Å²) in [6.07, 6.45) is 1.20. The van der Waals surface area contributed by atoms with Crippen LogP contribution in [0.3, 0.4) is 0 Å². The monoisotopic (exact) mass is 586 g/mol. The molecule has 2 unspecified atom stereocenters. The minimum atomic E-state index is -0.696. The van der Waals surface area contributed by atoms with E-state index < -0.39 is 6.04 Å². The first kappa shape index (κ1) is 28.4. The number of hydrogen-bond acceptors (Lipinski definition) is 3. The molecule has 0 radical (unpaired) electrons. The van der Waals surface area contributed by atoms with Gasteiger partial charge in [-0.2, -0.15) is 0 Å². The number of amides is 2. The topological polar surface area (TPSA) is 58.6 Å². The largest absolute Gasteiger partial charge is 0.483 e. The minimum absolute atomic E-state index is 0.00287. The van der Waals surface area contributed by atoms with Gasteiger partial charge in [-0.05, 0) is 64.2 Å². The molecule has 0 aliphatic heterocycles. The van der Waals surface area contributed by atoms with Crippen molar-refractivity contribution in [2.75, 3.05) is 6.61 Å². The maximum atomic E-state index is 13.9. The Morgan fingerprint density at radius 2 is 1.59 bits per heavy atom. The number of hydrogen-bond donors (Lipinski definition) is 1. The molecule has 0 spiro atoms. The Labute approximate surface area is 239 Å². The van der Waals surface area contributed by atoms with Crippen LogP contribution in [0.25, 0.3) is 10.8 Å². The van der Waals surface area contributed by atoms with Crippen LogP contribution in [0.5, 0.6) is 5.75 Å². The van der Waals surface area contributed by atoms with E-state index in [1.165, 1.54) is 0 Å². The molecule has 5 nitrogen and oxygen atoms in total. The van der Waals surface area contributed by atoms with Crippen LogP contribution in [0, 0.1) is 6.92 Å². The Balaban J connectivity index is 1.64. The van der Waals surface area contributed by atoms with Gasteiger partial charge in [0, 0.05) is 19.0 Å². The summed E-state index contributed by atoms with van der Waals surface area (Å²) in [5.41, 5.74) is 3.08. The van der Waals surface area contributed by atoms with Gasteiger partial charge in [-0.1, -0.05) is 97.4 Å². The molecule has 4 aromatic rings. The van der Waals surface area contributed by atoms with Gasteiger partial charge < -0.3 is 15.0 Å². The Hall–Kier alpha value is -3.64. The molecule has 2 atom stereocenters. The molecule has 202 valence electrons. The number of ether oxygens (including phenoxy) is 1. The second kappa shape index (κ2) is 13.4. The molecule has 0 aliphatic carbocycles. The molecular weight excluding hydrogens is 552 g/mol. The fraction of sp³-hybridized carbons (Fsp3) is 0.273. The molecule has 0 saturated carbocycles. The molecule has 2 amide bonds. The van der Waals surface area contributed by atoms with Crippen LogP contribution in [0.4, 0.5) is 0 Å². The molecule has 0 bridgehead atoms. The third-order valence-electron chi connectivity index (χ3n) is 6.92. The van der Waals surface area contributed by atoms with Crippen LogP contribution >= 0.6 is 15.9 Å². The van der Waals surface area contributed by atoms with Gasteiger partial charge in [0.05, 0.1) is 4.47 Å². The van der Waals surface area contributed by atoms with E-state index in [0.717, 1.165) is 38.4 Å². The predicted molar refractivity (Wildman–Crippen MR) is 161 cm³/mol. The maximum Gasteiger partial charge on any atom is 0.261 e. The van der Waals surface area contributed by atoms with E-state index in [1.807, 2.05) is 112 Å². The predicted octanol–water partition coefficient (Wildman–Crippen LogP) is 6.84. The first-order chi connectivity index (χ1) is 18.9. The average molecular weight is 588 g/mol. The SMILES string of the molecule is CCC(C)NC(=O)C(Cc1ccccc1)N(Cc1ccc(C)cc1)C(=O)COc1ccc2ccccc2c1Br. The van der Waals surface area contributed by atoms with Crippen molar-refractivity contribution >= 4 is 38.5 Å². The van der Waals surface area contributed by atoms with Gasteiger partial charge in [-0.25, -0.2) is 0 Å². The highest BCUT2D eigenvalue weighted by Crippen LogP contribution is 2.33. The summed E-state index contributed by atoms with van der Waals surface area (Å²) in [5.74, 6) is 0.164. The Morgan fingerprint density at radius 1 is 0.897 bits per heavy atom. The summed E-state index contributed by atoms with van der Waals surface area (Å²) < 4.78 is 6.86. The van der Waals surface area contributed by atoms with Gasteiger partial charge in [0.25, 0.3) is 5.91 Å². The normalized spacial score (nSPS) is 12.5. The molecule has 0 aliphatic rings. The molecule has 0 saturated heterocycles. The van der Waals surface area contributed by atoms with E-state index in [4.69, 9.17) is 4.74 Å². The zero-order valence-corrected chi connectivity index (χ0v) is 24.3. The highest BCUT2D eigenvalue weighted by atomic mass is 79.9. The number of rotatable bonds is 11. The second-order valence-corrected chi connectivity index (χ2v) is 10.7. The van der Waals surface area contributed by atoms with Crippen molar-refractivity contribution in [3.05, 3.63) is 112 Å². The number of halogens is 1. The number of nitrogens with zero attached hydrogens (tertiary/aromatic N) is 1. The second-order valence-electron chi connectivity index (χ2n) is 9.92. The number of nitrogens with one attached hydrogen (secondary N) is 1. The number of aryl methyl sites for hydroxylation is 1. The van der Waals surface area contributed by atoms with Crippen LogP contribution < -0.4 is 10.1 Å². The van der Waals surface area contributed by atoms with Crippen molar-refractivity contribution < 1.29 is 14.3 Å². The van der Waals surface area contributed by atoms with Crippen LogP contribution in [0.15, 0.2) is 95.5 Å². The van der Waals surface area contributed by atoms with E-state index in [0.29, 0.717) is 18.7 Å². The quantitative estimate of drug-likeness (QED) is 0.209. The van der Waals surface area contributed by atoms with E-state index in [-0.39, 0.29) is 24.5 Å². The zero-order chi connectivity index (χ0) is 27.8. The van der Waals surface area contributed by atoms with E-state index >= 15 is 0 Å². The highest BCUT2D eigenvalue weighted by molar-refractivity contribution is 9.10. The van der Waals surface area contributed by atoms with Gasteiger partial charge in [-0.15, -0.1) is 0 Å². The van der Waals surface area contributed by atoms with Crippen LogP contribution in [-0.2, 0) is 22.6 Å². The smallest absolute Gasteiger partial charge is 0.261 e. The molecule has 0 fully saturated rings. The van der Waals surface area contributed by atoms with Gasteiger partial charge in [0.15, 0.2) is 6.61 Å². The summed E-state index contributed by atoms with van der Waals surface area (Å²) in [6, 6.07) is 29.0. The summed E-state index contributed by atoms with van der Waals surface area (Å²) >= 11 is 3.65. The average Bonchev–Trinajstić information content (AvgIpc) is 2.96. The molecule has 0 heterocycles. The van der Waals surface area contributed by atoms with E-state index in [2.05, 4.69) is 21.2 Å². The molecule has 0 aromatic heterocycles. The van der Waals surface area contributed by atoms with Crippen molar-refractivity contribution in [1.82, 2.24) is 10.2 Å². The third kappa shape index (κ3) is 7.48. The molecular formula is C33H35BrN2O3. The van der Waals surface area contributed by atoms with Crippen LogP contribution in [0.2, 0.25) is 0 Å². The summed E-state index contributed by atoms with van der Waals surface area (Å²) in [7, 11) is 0. The van der Waals surface area contributed by atoms with Crippen LogP contribution in [0.1, 0.15) is 37.0 Å². The standard InChI is InChI=1S/C33H35BrN2O3/c1-4-24(3)35-33(38)29(20-25-10-6-5-7-11-25)36(21-26-16-14-23(2)15-17-26)31(37)22-39-30-19-18-27-12-8-9-13-28(27)32(30)34/h5-19,24,29H,4,20-22H2,1-3H3,(H,35,38).